The lowest BCUT2D eigenvalue weighted by molar-refractivity contribution is -0.115. The number of furan rings is 1. The highest BCUT2D eigenvalue weighted by atomic mass is 79.9. The lowest BCUT2D eigenvalue weighted by Crippen LogP contribution is -2.19. The monoisotopic (exact) mass is 447 g/mol. The molecule has 1 N–H and O–H groups in total. The summed E-state index contributed by atoms with van der Waals surface area (Å²) in [7, 11) is 1.62. The van der Waals surface area contributed by atoms with Gasteiger partial charge in [-0.1, -0.05) is 0 Å². The van der Waals surface area contributed by atoms with Gasteiger partial charge in [0.2, 0.25) is 5.88 Å². The van der Waals surface area contributed by atoms with E-state index in [-0.39, 0.29) is 5.91 Å². The molecule has 0 spiro atoms. The van der Waals surface area contributed by atoms with Crippen molar-refractivity contribution < 1.29 is 13.9 Å². The molecule has 140 valence electrons. The van der Waals surface area contributed by atoms with Crippen LogP contribution >= 0.6 is 27.7 Å². The van der Waals surface area contributed by atoms with Crippen LogP contribution in [0.2, 0.25) is 0 Å². The topological polar surface area (TPSA) is 67.1 Å². The minimum atomic E-state index is -0.178. The van der Waals surface area contributed by atoms with Crippen molar-refractivity contribution in [1.82, 2.24) is 5.32 Å². The molecule has 1 aromatic carbocycles. The van der Waals surface area contributed by atoms with Crippen molar-refractivity contribution in [3.05, 3.63) is 45.5 Å². The quantitative estimate of drug-likeness (QED) is 0.696. The van der Waals surface area contributed by atoms with Gasteiger partial charge in [0.15, 0.2) is 5.17 Å². The fourth-order valence-electron chi connectivity index (χ4n) is 2.97. The van der Waals surface area contributed by atoms with E-state index < -0.39 is 0 Å². The van der Waals surface area contributed by atoms with E-state index in [1.54, 1.807) is 13.2 Å². The van der Waals surface area contributed by atoms with Gasteiger partial charge in [0.05, 0.1) is 22.2 Å². The van der Waals surface area contributed by atoms with Gasteiger partial charge in [0.1, 0.15) is 11.5 Å². The lowest BCUT2D eigenvalue weighted by atomic mass is 10.3. The van der Waals surface area contributed by atoms with Crippen LogP contribution in [0.4, 0.5) is 11.6 Å². The Morgan fingerprint density at radius 3 is 2.74 bits per heavy atom. The van der Waals surface area contributed by atoms with Crippen LogP contribution in [-0.4, -0.2) is 31.3 Å². The Hall–Kier alpha value is -2.19. The fourth-order valence-corrected chi connectivity index (χ4v) is 4.35. The highest BCUT2D eigenvalue weighted by molar-refractivity contribution is 9.10. The number of anilines is 1. The predicted molar refractivity (Wildman–Crippen MR) is 112 cm³/mol. The van der Waals surface area contributed by atoms with Crippen molar-refractivity contribution in [2.24, 2.45) is 4.99 Å². The number of nitrogens with one attached hydrogen (secondary N) is 1. The van der Waals surface area contributed by atoms with Crippen LogP contribution in [0, 0.1) is 0 Å². The molecule has 2 fully saturated rings. The second-order valence-electron chi connectivity index (χ2n) is 6.18. The average molecular weight is 448 g/mol. The van der Waals surface area contributed by atoms with Gasteiger partial charge in [-0.25, -0.2) is 4.99 Å². The summed E-state index contributed by atoms with van der Waals surface area (Å²) >= 11 is 4.85. The second kappa shape index (κ2) is 7.82. The highest BCUT2D eigenvalue weighted by Crippen LogP contribution is 2.35. The van der Waals surface area contributed by atoms with Crippen molar-refractivity contribution >= 4 is 56.4 Å². The number of hydrogen-bond donors (Lipinski definition) is 1. The number of carbonyl (C=O) groups is 1. The molecule has 0 aliphatic carbocycles. The maximum atomic E-state index is 12.3. The minimum absolute atomic E-state index is 0.178. The number of aliphatic imine (C=N–C) groups is 1. The van der Waals surface area contributed by atoms with E-state index in [0.717, 1.165) is 34.9 Å². The van der Waals surface area contributed by atoms with Gasteiger partial charge < -0.3 is 19.4 Å². The van der Waals surface area contributed by atoms with Gasteiger partial charge in [0, 0.05) is 25.2 Å². The number of benzene rings is 1. The number of methoxy groups -OCH3 is 1. The van der Waals surface area contributed by atoms with Crippen molar-refractivity contribution in [3.63, 3.8) is 0 Å². The SMILES string of the molecule is COc1ccc(N=C2NC(=O)/C(=C/c3cc(Br)c(N4CCCC4)o3)S2)cc1. The number of amides is 1. The summed E-state index contributed by atoms with van der Waals surface area (Å²) in [6, 6.07) is 9.24. The largest absolute Gasteiger partial charge is 0.497 e. The molecular formula is C19H18BrN3O3S. The standard InChI is InChI=1S/C19H18BrN3O3S/c1-25-13-6-4-12(5-7-13)21-19-22-17(24)16(27-19)11-14-10-15(20)18(26-14)23-8-2-3-9-23/h4-7,10-11H,2-3,8-9H2,1H3,(H,21,22,24)/b16-11-. The average Bonchev–Trinajstić information content (AvgIpc) is 3.38. The van der Waals surface area contributed by atoms with E-state index in [9.17, 15) is 4.79 Å². The van der Waals surface area contributed by atoms with Crippen molar-refractivity contribution in [2.75, 3.05) is 25.1 Å². The summed E-state index contributed by atoms with van der Waals surface area (Å²) in [6.45, 7) is 1.99. The summed E-state index contributed by atoms with van der Waals surface area (Å²) in [4.78, 5) is 19.5. The molecule has 27 heavy (non-hydrogen) atoms. The Morgan fingerprint density at radius 2 is 2.04 bits per heavy atom. The van der Waals surface area contributed by atoms with E-state index in [1.807, 2.05) is 30.3 Å². The van der Waals surface area contributed by atoms with E-state index in [1.165, 1.54) is 24.6 Å². The highest BCUT2D eigenvalue weighted by Gasteiger charge is 2.25. The molecule has 2 aromatic rings. The Bertz CT molecular complexity index is 915. The number of thioether (sulfide) groups is 1. The zero-order valence-corrected chi connectivity index (χ0v) is 17.1. The number of amidine groups is 1. The molecule has 2 saturated heterocycles. The molecule has 0 radical (unpaired) electrons. The van der Waals surface area contributed by atoms with E-state index in [4.69, 9.17) is 9.15 Å². The Labute approximate surface area is 169 Å². The molecule has 1 amide bonds. The molecule has 0 saturated carbocycles. The molecule has 4 rings (SSSR count). The zero-order valence-electron chi connectivity index (χ0n) is 14.7. The molecule has 0 unspecified atom stereocenters. The van der Waals surface area contributed by atoms with Crippen molar-refractivity contribution in [2.45, 2.75) is 12.8 Å². The van der Waals surface area contributed by atoms with E-state index >= 15 is 0 Å². The maximum Gasteiger partial charge on any atom is 0.264 e. The summed E-state index contributed by atoms with van der Waals surface area (Å²) in [5, 5.41) is 3.33. The first-order chi connectivity index (χ1) is 13.1. The number of carbonyl (C=O) groups excluding carboxylic acids is 1. The summed E-state index contributed by atoms with van der Waals surface area (Å²) in [5.41, 5.74) is 0.747. The number of nitrogens with zero attached hydrogens (tertiary/aromatic N) is 2. The molecule has 0 atom stereocenters. The third-order valence-corrected chi connectivity index (χ3v) is 5.79. The number of ether oxygens (including phenoxy) is 1. The molecule has 8 heteroatoms. The molecular weight excluding hydrogens is 430 g/mol. The normalized spacial score (nSPS) is 19.9. The predicted octanol–water partition coefficient (Wildman–Crippen LogP) is 4.54. The van der Waals surface area contributed by atoms with Crippen LogP contribution in [0.1, 0.15) is 18.6 Å². The Morgan fingerprint density at radius 1 is 1.30 bits per heavy atom. The van der Waals surface area contributed by atoms with E-state index in [0.29, 0.717) is 15.8 Å². The van der Waals surface area contributed by atoms with Gasteiger partial charge in [-0.15, -0.1) is 0 Å². The number of halogens is 1. The molecule has 1 aromatic heterocycles. The van der Waals surface area contributed by atoms with Crippen LogP contribution in [0.5, 0.6) is 5.75 Å². The number of hydrogen-bond acceptors (Lipinski definition) is 6. The van der Waals surface area contributed by atoms with Gasteiger partial charge in [-0.05, 0) is 64.8 Å². The van der Waals surface area contributed by atoms with Crippen LogP contribution in [0.3, 0.4) is 0 Å². The molecule has 0 bridgehead atoms. The number of rotatable bonds is 4. The molecule has 2 aliphatic rings. The van der Waals surface area contributed by atoms with Crippen molar-refractivity contribution in [1.29, 1.82) is 0 Å². The first kappa shape index (κ1) is 18.2. The Balaban J connectivity index is 1.51. The smallest absolute Gasteiger partial charge is 0.264 e. The third-order valence-electron chi connectivity index (χ3n) is 4.31. The first-order valence-corrected chi connectivity index (χ1v) is 10.2. The second-order valence-corrected chi connectivity index (χ2v) is 8.06. The van der Waals surface area contributed by atoms with Crippen LogP contribution in [-0.2, 0) is 4.79 Å². The zero-order chi connectivity index (χ0) is 18.8. The first-order valence-electron chi connectivity index (χ1n) is 8.60. The summed E-state index contributed by atoms with van der Waals surface area (Å²) in [5.74, 6) is 2.06. The molecule has 2 aliphatic heterocycles. The van der Waals surface area contributed by atoms with Gasteiger partial charge in [0.25, 0.3) is 5.91 Å². The summed E-state index contributed by atoms with van der Waals surface area (Å²) < 4.78 is 12.0. The molecule has 3 heterocycles. The third kappa shape index (κ3) is 4.06. The van der Waals surface area contributed by atoms with Gasteiger partial charge >= 0.3 is 0 Å². The van der Waals surface area contributed by atoms with Gasteiger partial charge in [-0.2, -0.15) is 0 Å². The lowest BCUT2D eigenvalue weighted by Gasteiger charge is -2.13. The van der Waals surface area contributed by atoms with Crippen molar-refractivity contribution in [3.8, 4) is 5.75 Å². The molecule has 6 nitrogen and oxygen atoms in total. The van der Waals surface area contributed by atoms with Crippen LogP contribution in [0.25, 0.3) is 6.08 Å². The minimum Gasteiger partial charge on any atom is -0.497 e. The van der Waals surface area contributed by atoms with Crippen LogP contribution in [0.15, 0.2) is 49.1 Å². The van der Waals surface area contributed by atoms with E-state index in [2.05, 4.69) is 31.1 Å². The van der Waals surface area contributed by atoms with Crippen LogP contribution < -0.4 is 15.0 Å². The van der Waals surface area contributed by atoms with Gasteiger partial charge in [-0.3, -0.25) is 4.79 Å². The Kier molecular flexibility index (Phi) is 5.27. The summed E-state index contributed by atoms with van der Waals surface area (Å²) in [6.07, 6.45) is 4.10. The maximum absolute atomic E-state index is 12.3. The fraction of sp³-hybridized carbons (Fsp3) is 0.263.